The fourth-order valence-corrected chi connectivity index (χ4v) is 5.97. The van der Waals surface area contributed by atoms with Crippen LogP contribution in [-0.4, -0.2) is 50.6 Å². The van der Waals surface area contributed by atoms with E-state index in [0.717, 1.165) is 24.4 Å². The number of hydrogen-bond acceptors (Lipinski definition) is 7. The third-order valence-corrected chi connectivity index (χ3v) is 9.06. The topological polar surface area (TPSA) is 115 Å². The minimum absolute atomic E-state index is 0.0482. The second kappa shape index (κ2) is 10.6. The number of benzene rings is 1. The van der Waals surface area contributed by atoms with Crippen LogP contribution in [0.2, 0.25) is 25.7 Å². The molecule has 1 unspecified atom stereocenters. The molecular formula is C31H38FN5O4Si. The molecule has 1 aromatic carbocycles. The van der Waals surface area contributed by atoms with Gasteiger partial charge >= 0.3 is 6.09 Å². The number of ether oxygens (including phenoxy) is 2. The van der Waals surface area contributed by atoms with Crippen molar-refractivity contribution in [3.8, 4) is 6.07 Å². The summed E-state index contributed by atoms with van der Waals surface area (Å²) in [5, 5.41) is 21.7. The second-order valence-electron chi connectivity index (χ2n) is 13.4. The quantitative estimate of drug-likeness (QED) is 0.179. The maximum atomic E-state index is 17.3. The fourth-order valence-electron chi connectivity index (χ4n) is 5.21. The first-order valence-electron chi connectivity index (χ1n) is 14.2. The number of halogens is 1. The Balaban J connectivity index is 1.68. The van der Waals surface area contributed by atoms with Crippen LogP contribution in [0.1, 0.15) is 67.6 Å². The number of carbonyl (C=O) groups is 1. The predicted octanol–water partition coefficient (Wildman–Crippen LogP) is 6.70. The lowest BCUT2D eigenvalue weighted by atomic mass is 9.91. The number of nitriles is 1. The molecule has 0 amide bonds. The van der Waals surface area contributed by atoms with Crippen molar-refractivity contribution in [3.05, 3.63) is 58.7 Å². The Morgan fingerprint density at radius 3 is 2.60 bits per heavy atom. The van der Waals surface area contributed by atoms with Gasteiger partial charge in [0.1, 0.15) is 23.9 Å². The van der Waals surface area contributed by atoms with E-state index in [1.165, 1.54) is 21.4 Å². The fraction of sp³-hybridized carbons (Fsp3) is 0.484. The van der Waals surface area contributed by atoms with E-state index in [2.05, 4.69) is 29.6 Å². The van der Waals surface area contributed by atoms with Gasteiger partial charge in [0.05, 0.1) is 11.1 Å². The third-order valence-electron chi connectivity index (χ3n) is 7.36. The first-order valence-corrected chi connectivity index (χ1v) is 18.0. The summed E-state index contributed by atoms with van der Waals surface area (Å²) in [7, 11) is -1.38. The molecule has 5 rings (SSSR count). The molecule has 3 heterocycles. The monoisotopic (exact) mass is 591 g/mol. The Morgan fingerprint density at radius 2 is 1.98 bits per heavy atom. The van der Waals surface area contributed by atoms with Gasteiger partial charge in [0.15, 0.2) is 11.5 Å². The van der Waals surface area contributed by atoms with E-state index in [1.807, 2.05) is 19.1 Å². The van der Waals surface area contributed by atoms with Crippen molar-refractivity contribution in [1.82, 2.24) is 19.1 Å². The predicted molar refractivity (Wildman–Crippen MR) is 161 cm³/mol. The normalized spacial score (nSPS) is 15.6. The van der Waals surface area contributed by atoms with Crippen LogP contribution in [-0.2, 0) is 22.1 Å². The zero-order valence-electron chi connectivity index (χ0n) is 25.3. The summed E-state index contributed by atoms with van der Waals surface area (Å²) in [6, 6.07) is 7.96. The molecule has 1 aliphatic carbocycles. The third kappa shape index (κ3) is 5.84. The van der Waals surface area contributed by atoms with Gasteiger partial charge in [0.2, 0.25) is 0 Å². The molecule has 0 radical (unpaired) electrons. The number of rotatable bonds is 8. The van der Waals surface area contributed by atoms with Crippen LogP contribution in [0.5, 0.6) is 0 Å². The molecule has 4 aromatic rings. The van der Waals surface area contributed by atoms with Gasteiger partial charge in [0, 0.05) is 38.0 Å². The first kappa shape index (κ1) is 29.9. The van der Waals surface area contributed by atoms with Gasteiger partial charge in [-0.3, -0.25) is 9.13 Å². The average Bonchev–Trinajstić information content (AvgIpc) is 3.52. The number of nitrogens with zero attached hydrogens (tertiary/aromatic N) is 5. The molecule has 1 aliphatic rings. The Kier molecular flexibility index (Phi) is 7.54. The van der Waals surface area contributed by atoms with E-state index in [1.54, 1.807) is 33.0 Å². The van der Waals surface area contributed by atoms with Crippen molar-refractivity contribution in [2.45, 2.75) is 90.3 Å². The molecule has 1 saturated carbocycles. The molecule has 1 atom stereocenters. The number of hydrogen-bond donors (Lipinski definition) is 1. The van der Waals surface area contributed by atoms with Crippen LogP contribution in [0, 0.1) is 18.3 Å². The summed E-state index contributed by atoms with van der Waals surface area (Å²) >= 11 is 0. The van der Waals surface area contributed by atoms with Crippen LogP contribution in [0.4, 0.5) is 9.18 Å². The van der Waals surface area contributed by atoms with E-state index in [0.29, 0.717) is 28.7 Å². The smallest absolute Gasteiger partial charge is 0.419 e. The largest absolute Gasteiger partial charge is 0.443 e. The highest BCUT2D eigenvalue weighted by Crippen LogP contribution is 2.49. The molecular weight excluding hydrogens is 553 g/mol. The van der Waals surface area contributed by atoms with E-state index in [4.69, 9.17) is 9.47 Å². The van der Waals surface area contributed by atoms with Gasteiger partial charge in [-0.2, -0.15) is 9.65 Å². The van der Waals surface area contributed by atoms with Crippen molar-refractivity contribution in [2.75, 3.05) is 6.61 Å². The number of aliphatic hydroxyl groups is 1. The van der Waals surface area contributed by atoms with E-state index in [9.17, 15) is 15.2 Å². The highest BCUT2D eigenvalue weighted by atomic mass is 28.3. The Hall–Kier alpha value is -3.59. The van der Waals surface area contributed by atoms with Crippen molar-refractivity contribution in [3.63, 3.8) is 0 Å². The maximum absolute atomic E-state index is 17.3. The average molecular weight is 592 g/mol. The van der Waals surface area contributed by atoms with Crippen molar-refractivity contribution >= 4 is 36.2 Å². The van der Waals surface area contributed by atoms with Crippen LogP contribution in [0.3, 0.4) is 0 Å². The van der Waals surface area contributed by atoms with E-state index in [-0.39, 0.29) is 35.1 Å². The lowest BCUT2D eigenvalue weighted by Gasteiger charge is -2.25. The van der Waals surface area contributed by atoms with Crippen molar-refractivity contribution in [2.24, 2.45) is 0 Å². The van der Waals surface area contributed by atoms with Gasteiger partial charge < -0.3 is 14.6 Å². The molecule has 11 heteroatoms. The summed E-state index contributed by atoms with van der Waals surface area (Å²) in [4.78, 5) is 22.0. The lowest BCUT2D eigenvalue weighted by molar-refractivity contribution is -0.0684. The second-order valence-corrected chi connectivity index (χ2v) is 19.0. The molecule has 0 aliphatic heterocycles. The van der Waals surface area contributed by atoms with Gasteiger partial charge in [-0.05, 0) is 75.8 Å². The van der Waals surface area contributed by atoms with Crippen molar-refractivity contribution in [1.29, 1.82) is 5.26 Å². The van der Waals surface area contributed by atoms with Gasteiger partial charge in [-0.15, -0.1) is 0 Å². The van der Waals surface area contributed by atoms with Gasteiger partial charge in [0.25, 0.3) is 5.85 Å². The maximum Gasteiger partial charge on any atom is 0.419 e. The number of pyridine rings is 1. The zero-order valence-corrected chi connectivity index (χ0v) is 26.3. The van der Waals surface area contributed by atoms with E-state index < -0.39 is 25.6 Å². The number of fused-ring (bicyclic) bond motifs is 2. The summed E-state index contributed by atoms with van der Waals surface area (Å²) in [5.41, 5.74) is 2.07. The minimum Gasteiger partial charge on any atom is -0.443 e. The first-order chi connectivity index (χ1) is 19.6. The standard InChI is InChI=1S/C31H38FN5O4Si/c1-19-14-23(21-8-9-21)25(22-10-11-36(26(19)22)29(38)41-30(2,3)4)31(32,39)28-35-24-15-20(16-33)17-34-27(24)37(28)18-40-12-13-42(5,6)7/h10-11,14-15,17,21,39H,8-9,12-13,18H2,1-7H3. The number of carbonyl (C=O) groups excluding carboxylic acids is 1. The summed E-state index contributed by atoms with van der Waals surface area (Å²) < 4.78 is 31.7. The van der Waals surface area contributed by atoms with Gasteiger partial charge in [-0.25, -0.2) is 14.8 Å². The van der Waals surface area contributed by atoms with E-state index >= 15 is 4.39 Å². The van der Waals surface area contributed by atoms with Crippen molar-refractivity contribution < 1.29 is 23.8 Å². The number of aryl methyl sites for hydroxylation is 1. The summed E-state index contributed by atoms with van der Waals surface area (Å²) in [6.45, 7) is 14.3. The molecule has 42 heavy (non-hydrogen) atoms. The molecule has 3 aromatic heterocycles. The van der Waals surface area contributed by atoms with Crippen LogP contribution < -0.4 is 0 Å². The zero-order chi connectivity index (χ0) is 30.6. The van der Waals surface area contributed by atoms with Crippen LogP contribution in [0.15, 0.2) is 30.6 Å². The highest BCUT2D eigenvalue weighted by Gasteiger charge is 2.44. The van der Waals surface area contributed by atoms with Crippen LogP contribution >= 0.6 is 0 Å². The molecule has 0 saturated heterocycles. The number of imidazole rings is 1. The molecule has 0 bridgehead atoms. The molecule has 222 valence electrons. The van der Waals surface area contributed by atoms with Gasteiger partial charge in [-0.1, -0.05) is 25.7 Å². The molecule has 1 fully saturated rings. The molecule has 1 N–H and O–H groups in total. The highest BCUT2D eigenvalue weighted by molar-refractivity contribution is 6.76. The number of alkyl halides is 1. The summed E-state index contributed by atoms with van der Waals surface area (Å²) in [5.74, 6) is -3.28. The molecule has 0 spiro atoms. The summed E-state index contributed by atoms with van der Waals surface area (Å²) in [6.07, 6.45) is 4.08. The Bertz CT molecular complexity index is 1720. The Labute approximate surface area is 245 Å². The van der Waals surface area contributed by atoms with Crippen LogP contribution in [0.25, 0.3) is 22.1 Å². The number of aromatic nitrogens is 4. The SMILES string of the molecule is Cc1cc(C2CC2)c(C(O)(F)c2nc3cc(C#N)cnc3n2COCC[Si](C)(C)C)c2ccn(C(=O)OC(C)(C)C)c12. The minimum atomic E-state index is -3.07. The Morgan fingerprint density at radius 1 is 1.26 bits per heavy atom. The lowest BCUT2D eigenvalue weighted by Crippen LogP contribution is -2.29. The molecule has 9 nitrogen and oxygen atoms in total.